The van der Waals surface area contributed by atoms with E-state index in [1.54, 1.807) is 0 Å². The monoisotopic (exact) mass is 1150 g/mol. The van der Waals surface area contributed by atoms with Crippen LogP contribution in [0.5, 0.6) is 0 Å². The van der Waals surface area contributed by atoms with Crippen molar-refractivity contribution in [1.29, 1.82) is 0 Å². The molecule has 4 aromatic heterocycles. The molecule has 0 saturated carbocycles. The van der Waals surface area contributed by atoms with Crippen LogP contribution in [-0.4, -0.2) is 28.7 Å². The minimum absolute atomic E-state index is 0.127. The molecule has 0 fully saturated rings. The summed E-state index contributed by atoms with van der Waals surface area (Å²) < 4.78 is 7.29. The second kappa shape index (κ2) is 18.1. The van der Waals surface area contributed by atoms with Crippen molar-refractivity contribution in [2.24, 2.45) is 0 Å². The maximum absolute atomic E-state index is 5.54. The molecule has 0 amide bonds. The molecule has 6 nitrogen and oxygen atoms in total. The summed E-state index contributed by atoms with van der Waals surface area (Å²) in [6.45, 7) is 14.2. The van der Waals surface area contributed by atoms with E-state index < -0.39 is 0 Å². The number of para-hydroxylation sites is 3. The van der Waals surface area contributed by atoms with Crippen molar-refractivity contribution >= 4 is 65.4 Å². The fraction of sp³-hybridized carbons (Fsp3) is 0.107. The lowest BCUT2D eigenvalue weighted by atomic mass is 9.82. The van der Waals surface area contributed by atoms with Crippen molar-refractivity contribution in [1.82, 2.24) is 28.7 Å². The van der Waals surface area contributed by atoms with Crippen LogP contribution in [0.1, 0.15) is 74.9 Å². The highest BCUT2D eigenvalue weighted by atomic mass is 15.0. The molecular weight excluding hydrogens is 1090 g/mol. The zero-order chi connectivity index (χ0) is 60.1. The summed E-state index contributed by atoms with van der Waals surface area (Å²) >= 11 is 0. The molecule has 4 heterocycles. The van der Waals surface area contributed by atoms with Crippen molar-refractivity contribution in [3.05, 3.63) is 288 Å². The van der Waals surface area contributed by atoms with E-state index in [4.69, 9.17) is 15.0 Å². The van der Waals surface area contributed by atoms with Gasteiger partial charge < -0.3 is 13.7 Å². The molecule has 0 atom stereocenters. The van der Waals surface area contributed by atoms with Crippen molar-refractivity contribution in [2.75, 3.05) is 0 Å². The van der Waals surface area contributed by atoms with Gasteiger partial charge in [0.05, 0.1) is 33.1 Å². The van der Waals surface area contributed by atoms with Gasteiger partial charge in [-0.1, -0.05) is 205 Å². The summed E-state index contributed by atoms with van der Waals surface area (Å²) in [6, 6.07) is 94.2. The lowest BCUT2D eigenvalue weighted by Crippen LogP contribution is -2.14. The molecule has 426 valence electrons. The number of rotatable bonds is 6. The fourth-order valence-electron chi connectivity index (χ4n) is 16.4. The molecule has 90 heavy (non-hydrogen) atoms. The van der Waals surface area contributed by atoms with Gasteiger partial charge in [0.15, 0.2) is 17.5 Å². The molecule has 0 radical (unpaired) electrons. The van der Waals surface area contributed by atoms with Crippen molar-refractivity contribution in [3.63, 3.8) is 0 Å². The Bertz CT molecular complexity index is 5260. The first-order valence-corrected chi connectivity index (χ1v) is 31.5. The normalized spacial score (nSPS) is 14.6. The van der Waals surface area contributed by atoms with Crippen LogP contribution in [0.25, 0.3) is 150 Å². The molecule has 3 aliphatic rings. The molecule has 0 spiro atoms. The van der Waals surface area contributed by atoms with Crippen molar-refractivity contribution in [3.8, 4) is 84.6 Å². The Morgan fingerprint density at radius 3 is 0.811 bits per heavy atom. The Morgan fingerprint density at radius 2 is 0.500 bits per heavy atom. The molecule has 6 heteroatoms. The standard InChI is InChI=1S/C84H60N6/c1-82(2)67-34-13-7-28-55(67)61-46-76-64(43-70(61)82)58-31-10-16-37-73(58)88(76)52-25-19-22-49(40-52)79-85-80(50-23-20-26-53(41-50)89-74-38-17-11-32-59(74)65-44-71-62(47-77(65)89)56-29-8-14-35-68(56)83(71,3)4)87-81(86-79)51-24-21-27-54(42-51)90-75-39-18-12-33-60(75)66-45-72-63(48-78(66)90)57-30-9-15-36-69(57)84(72,5)6/h7-48H,1-6H3. The molecule has 0 N–H and O–H groups in total. The van der Waals surface area contributed by atoms with Crippen LogP contribution in [0.2, 0.25) is 0 Å². The van der Waals surface area contributed by atoms with Gasteiger partial charge in [-0.05, 0) is 158 Å². The maximum Gasteiger partial charge on any atom is 0.164 e. The summed E-state index contributed by atoms with van der Waals surface area (Å²) in [4.78, 5) is 16.6. The number of nitrogens with zero attached hydrogens (tertiary/aromatic N) is 6. The first kappa shape index (κ1) is 51.1. The minimum atomic E-state index is -0.127. The van der Waals surface area contributed by atoms with E-state index >= 15 is 0 Å². The van der Waals surface area contributed by atoms with Gasteiger partial charge in [-0.3, -0.25) is 0 Å². The van der Waals surface area contributed by atoms with Crippen molar-refractivity contribution in [2.45, 2.75) is 57.8 Å². The Balaban J connectivity index is 0.811. The van der Waals surface area contributed by atoms with Crippen LogP contribution in [0.4, 0.5) is 0 Å². The molecule has 16 aromatic rings. The van der Waals surface area contributed by atoms with E-state index in [1.165, 1.54) is 99.1 Å². The third-order valence-electron chi connectivity index (χ3n) is 20.9. The van der Waals surface area contributed by atoms with Crippen LogP contribution >= 0.6 is 0 Å². The van der Waals surface area contributed by atoms with Gasteiger partial charge in [-0.2, -0.15) is 0 Å². The molecule has 3 aliphatic carbocycles. The summed E-state index contributed by atoms with van der Waals surface area (Å²) in [7, 11) is 0. The molecular formula is C84H60N6. The van der Waals surface area contributed by atoms with Gasteiger partial charge in [0.25, 0.3) is 0 Å². The number of hydrogen-bond acceptors (Lipinski definition) is 3. The minimum Gasteiger partial charge on any atom is -0.309 e. The van der Waals surface area contributed by atoms with Gasteiger partial charge in [-0.25, -0.2) is 15.0 Å². The van der Waals surface area contributed by atoms with Gasteiger partial charge in [0, 0.05) is 82.3 Å². The molecule has 0 unspecified atom stereocenters. The fourth-order valence-corrected chi connectivity index (χ4v) is 16.4. The summed E-state index contributed by atoms with van der Waals surface area (Å²) in [6.07, 6.45) is 0. The van der Waals surface area contributed by atoms with E-state index in [-0.39, 0.29) is 16.2 Å². The lowest BCUT2D eigenvalue weighted by Gasteiger charge is -2.21. The summed E-state index contributed by atoms with van der Waals surface area (Å²) in [5, 5.41) is 7.38. The largest absolute Gasteiger partial charge is 0.309 e. The number of aromatic nitrogens is 6. The Morgan fingerprint density at radius 1 is 0.222 bits per heavy atom. The van der Waals surface area contributed by atoms with Gasteiger partial charge in [0.1, 0.15) is 0 Å². The predicted molar refractivity (Wildman–Crippen MR) is 372 cm³/mol. The zero-order valence-electron chi connectivity index (χ0n) is 50.9. The molecule has 0 saturated heterocycles. The highest BCUT2D eigenvalue weighted by Gasteiger charge is 2.39. The average Bonchev–Trinajstić information content (AvgIpc) is 1.57. The highest BCUT2D eigenvalue weighted by molar-refractivity contribution is 6.14. The Hall–Kier alpha value is -11.0. The van der Waals surface area contributed by atoms with Gasteiger partial charge in [-0.15, -0.1) is 0 Å². The first-order valence-electron chi connectivity index (χ1n) is 31.5. The number of benzene rings is 12. The third-order valence-corrected chi connectivity index (χ3v) is 20.9. The zero-order valence-corrected chi connectivity index (χ0v) is 50.9. The van der Waals surface area contributed by atoms with Crippen LogP contribution < -0.4 is 0 Å². The second-order valence-corrected chi connectivity index (χ2v) is 26.8. The second-order valence-electron chi connectivity index (χ2n) is 26.8. The Kier molecular flexibility index (Phi) is 10.3. The van der Waals surface area contributed by atoms with E-state index in [0.717, 1.165) is 66.9 Å². The maximum atomic E-state index is 5.54. The number of hydrogen-bond donors (Lipinski definition) is 0. The summed E-state index contributed by atoms with van der Waals surface area (Å²) in [5.41, 5.74) is 28.3. The van der Waals surface area contributed by atoms with Crippen LogP contribution in [0.15, 0.2) is 255 Å². The first-order chi connectivity index (χ1) is 43.9. The summed E-state index contributed by atoms with van der Waals surface area (Å²) in [5.74, 6) is 1.77. The van der Waals surface area contributed by atoms with E-state index in [0.29, 0.717) is 17.5 Å². The lowest BCUT2D eigenvalue weighted by molar-refractivity contribution is 0.661. The quantitative estimate of drug-likeness (QED) is 0.167. The number of fused-ring (bicyclic) bond motifs is 18. The Labute approximate surface area is 521 Å². The van der Waals surface area contributed by atoms with Crippen molar-refractivity contribution < 1.29 is 0 Å². The molecule has 12 aromatic carbocycles. The SMILES string of the molecule is CC1(C)c2ccccc2-c2cc3c(cc21)c1ccccc1n3-c1cccc(-c2nc(-c3cccc(-n4c5ccccc5c5cc6c(cc54)-c4ccccc4C6(C)C)c3)nc(-c3cccc(-n4c5ccccc5c5cc6c(cc54)-c4ccccc4C6(C)C)c3)n2)c1. The highest BCUT2D eigenvalue weighted by Crippen LogP contribution is 2.54. The smallest absolute Gasteiger partial charge is 0.164 e. The van der Waals surface area contributed by atoms with E-state index in [1.807, 2.05) is 0 Å². The topological polar surface area (TPSA) is 53.5 Å². The van der Waals surface area contributed by atoms with Crippen LogP contribution in [0, 0.1) is 0 Å². The predicted octanol–water partition coefficient (Wildman–Crippen LogP) is 21.1. The van der Waals surface area contributed by atoms with Crippen LogP contribution in [-0.2, 0) is 16.2 Å². The molecule has 0 bridgehead atoms. The van der Waals surface area contributed by atoms with E-state index in [2.05, 4.69) is 310 Å². The van der Waals surface area contributed by atoms with E-state index in [9.17, 15) is 0 Å². The van der Waals surface area contributed by atoms with Gasteiger partial charge >= 0.3 is 0 Å². The molecule has 0 aliphatic heterocycles. The average molecular weight is 1150 g/mol. The third kappa shape index (κ3) is 6.96. The van der Waals surface area contributed by atoms with Crippen LogP contribution in [0.3, 0.4) is 0 Å². The molecule has 19 rings (SSSR count). The van der Waals surface area contributed by atoms with Gasteiger partial charge in [0.2, 0.25) is 0 Å².